The van der Waals surface area contributed by atoms with Crippen LogP contribution in [0.25, 0.3) is 0 Å². The lowest BCUT2D eigenvalue weighted by molar-refractivity contribution is 0.0690. The Morgan fingerprint density at radius 3 is 2.44 bits per heavy atom. The third-order valence-corrected chi connectivity index (χ3v) is 2.43. The van der Waals surface area contributed by atoms with Gasteiger partial charge in [-0.25, -0.2) is 9.78 Å². The Balaban J connectivity index is 2.84. The smallest absolute Gasteiger partial charge is 0.354 e. The SMILES string of the molecule is CC(C)(C)CC(C)(C)Nc1ccnc(C(=O)O)c1. The fourth-order valence-electron chi connectivity index (χ4n) is 2.39. The number of nitrogens with zero attached hydrogens (tertiary/aromatic N) is 1. The van der Waals surface area contributed by atoms with Crippen molar-refractivity contribution >= 4 is 11.7 Å². The molecule has 100 valence electrons. The lowest BCUT2D eigenvalue weighted by Crippen LogP contribution is -2.35. The van der Waals surface area contributed by atoms with E-state index in [0.29, 0.717) is 0 Å². The molecule has 0 unspecified atom stereocenters. The first-order valence-electron chi connectivity index (χ1n) is 6.07. The van der Waals surface area contributed by atoms with Gasteiger partial charge in [-0.3, -0.25) is 0 Å². The number of pyridine rings is 1. The summed E-state index contributed by atoms with van der Waals surface area (Å²) >= 11 is 0. The quantitative estimate of drug-likeness (QED) is 0.859. The number of rotatable bonds is 4. The number of hydrogen-bond donors (Lipinski definition) is 2. The lowest BCUT2D eigenvalue weighted by atomic mass is 9.81. The summed E-state index contributed by atoms with van der Waals surface area (Å²) in [6.07, 6.45) is 2.49. The second-order valence-electron chi connectivity index (χ2n) is 6.48. The maximum Gasteiger partial charge on any atom is 0.354 e. The van der Waals surface area contributed by atoms with Crippen LogP contribution in [0.1, 0.15) is 51.5 Å². The van der Waals surface area contributed by atoms with Crippen LogP contribution in [0.4, 0.5) is 5.69 Å². The highest BCUT2D eigenvalue weighted by molar-refractivity contribution is 5.86. The molecule has 0 radical (unpaired) electrons. The second-order valence-corrected chi connectivity index (χ2v) is 6.48. The maximum absolute atomic E-state index is 10.9. The van der Waals surface area contributed by atoms with Crippen molar-refractivity contribution in [2.45, 2.75) is 46.6 Å². The van der Waals surface area contributed by atoms with Gasteiger partial charge in [-0.05, 0) is 37.8 Å². The van der Waals surface area contributed by atoms with E-state index >= 15 is 0 Å². The molecule has 1 rings (SSSR count). The summed E-state index contributed by atoms with van der Waals surface area (Å²) in [7, 11) is 0. The predicted molar refractivity (Wildman–Crippen MR) is 73.0 cm³/mol. The topological polar surface area (TPSA) is 62.2 Å². The second kappa shape index (κ2) is 4.96. The summed E-state index contributed by atoms with van der Waals surface area (Å²) in [4.78, 5) is 14.7. The molecule has 0 saturated carbocycles. The van der Waals surface area contributed by atoms with Gasteiger partial charge in [0.25, 0.3) is 0 Å². The molecule has 2 N–H and O–H groups in total. The summed E-state index contributed by atoms with van der Waals surface area (Å²) in [6.45, 7) is 10.8. The van der Waals surface area contributed by atoms with E-state index in [2.05, 4.69) is 44.9 Å². The Hall–Kier alpha value is -1.58. The number of aromatic carboxylic acids is 1. The molecule has 0 atom stereocenters. The molecule has 0 fully saturated rings. The number of aromatic nitrogens is 1. The highest BCUT2D eigenvalue weighted by Crippen LogP contribution is 2.29. The first-order chi connectivity index (χ1) is 8.09. The number of carboxylic acids is 1. The zero-order valence-corrected chi connectivity index (χ0v) is 11.7. The molecule has 0 bridgehead atoms. The third kappa shape index (κ3) is 4.73. The Morgan fingerprint density at radius 2 is 1.94 bits per heavy atom. The van der Waals surface area contributed by atoms with Gasteiger partial charge >= 0.3 is 5.97 Å². The average molecular weight is 250 g/mol. The molecule has 0 aliphatic carbocycles. The number of carbonyl (C=O) groups is 1. The molecule has 0 aliphatic heterocycles. The van der Waals surface area contributed by atoms with Crippen LogP contribution >= 0.6 is 0 Å². The van der Waals surface area contributed by atoms with Crippen molar-refractivity contribution in [2.24, 2.45) is 5.41 Å². The van der Waals surface area contributed by atoms with Gasteiger partial charge in [0, 0.05) is 17.4 Å². The molecule has 4 heteroatoms. The third-order valence-electron chi connectivity index (χ3n) is 2.43. The van der Waals surface area contributed by atoms with Crippen molar-refractivity contribution in [3.63, 3.8) is 0 Å². The van der Waals surface area contributed by atoms with Crippen LogP contribution in [-0.2, 0) is 0 Å². The van der Waals surface area contributed by atoms with Crippen LogP contribution in [0.3, 0.4) is 0 Å². The van der Waals surface area contributed by atoms with Crippen LogP contribution in [0.15, 0.2) is 18.3 Å². The molecule has 0 aliphatic rings. The van der Waals surface area contributed by atoms with E-state index in [1.54, 1.807) is 12.1 Å². The van der Waals surface area contributed by atoms with E-state index in [1.165, 1.54) is 6.20 Å². The monoisotopic (exact) mass is 250 g/mol. The number of nitrogens with one attached hydrogen (secondary N) is 1. The van der Waals surface area contributed by atoms with Crippen molar-refractivity contribution in [3.05, 3.63) is 24.0 Å². The van der Waals surface area contributed by atoms with Gasteiger partial charge in [-0.15, -0.1) is 0 Å². The minimum atomic E-state index is -1.01. The Morgan fingerprint density at radius 1 is 1.33 bits per heavy atom. The van der Waals surface area contributed by atoms with Gasteiger partial charge in [0.05, 0.1) is 0 Å². The summed E-state index contributed by atoms with van der Waals surface area (Å²) in [5, 5.41) is 12.3. The highest BCUT2D eigenvalue weighted by atomic mass is 16.4. The number of carboxylic acid groups (broad SMARTS) is 1. The van der Waals surface area contributed by atoms with E-state index < -0.39 is 5.97 Å². The first-order valence-corrected chi connectivity index (χ1v) is 6.07. The Labute approximate surface area is 108 Å². The van der Waals surface area contributed by atoms with Crippen molar-refractivity contribution in [3.8, 4) is 0 Å². The van der Waals surface area contributed by atoms with Crippen molar-refractivity contribution in [1.82, 2.24) is 4.98 Å². The van der Waals surface area contributed by atoms with Crippen LogP contribution in [0.5, 0.6) is 0 Å². The largest absolute Gasteiger partial charge is 0.477 e. The fourth-order valence-corrected chi connectivity index (χ4v) is 2.39. The highest BCUT2D eigenvalue weighted by Gasteiger charge is 2.25. The predicted octanol–water partition coefficient (Wildman–Crippen LogP) is 3.41. The first kappa shape index (κ1) is 14.5. The van der Waals surface area contributed by atoms with Gasteiger partial charge in [0.1, 0.15) is 5.69 Å². The molecule has 4 nitrogen and oxygen atoms in total. The number of anilines is 1. The minimum absolute atomic E-state index is 0.0616. The molecule has 0 saturated heterocycles. The van der Waals surface area contributed by atoms with E-state index in [1.807, 2.05) is 0 Å². The molecular formula is C14H22N2O2. The van der Waals surface area contributed by atoms with E-state index in [0.717, 1.165) is 12.1 Å². The number of hydrogen-bond acceptors (Lipinski definition) is 3. The maximum atomic E-state index is 10.9. The van der Waals surface area contributed by atoms with Gasteiger partial charge in [0.2, 0.25) is 0 Å². The zero-order chi connectivity index (χ0) is 14.0. The van der Waals surface area contributed by atoms with E-state index in [9.17, 15) is 4.79 Å². The van der Waals surface area contributed by atoms with Crippen molar-refractivity contribution < 1.29 is 9.90 Å². The molecule has 18 heavy (non-hydrogen) atoms. The van der Waals surface area contributed by atoms with Crippen LogP contribution in [0.2, 0.25) is 0 Å². The standard InChI is InChI=1S/C14H22N2O2/c1-13(2,3)9-14(4,5)16-10-6-7-15-11(8-10)12(17)18/h6-8H,9H2,1-5H3,(H,15,16)(H,17,18). The van der Waals surface area contributed by atoms with Crippen LogP contribution < -0.4 is 5.32 Å². The normalized spacial score (nSPS) is 12.3. The van der Waals surface area contributed by atoms with Gasteiger partial charge in [-0.2, -0.15) is 0 Å². The van der Waals surface area contributed by atoms with Crippen molar-refractivity contribution in [2.75, 3.05) is 5.32 Å². The lowest BCUT2D eigenvalue weighted by Gasteiger charge is -2.34. The van der Waals surface area contributed by atoms with Crippen LogP contribution in [0, 0.1) is 5.41 Å². The molecule has 1 heterocycles. The summed E-state index contributed by atoms with van der Waals surface area (Å²) < 4.78 is 0. The molecule has 0 aromatic carbocycles. The van der Waals surface area contributed by atoms with Gasteiger partial charge in [0.15, 0.2) is 0 Å². The average Bonchev–Trinajstić information content (AvgIpc) is 2.12. The molecule has 0 spiro atoms. The molecule has 0 amide bonds. The zero-order valence-electron chi connectivity index (χ0n) is 11.7. The van der Waals surface area contributed by atoms with Crippen molar-refractivity contribution in [1.29, 1.82) is 0 Å². The van der Waals surface area contributed by atoms with E-state index in [4.69, 9.17) is 5.11 Å². The van der Waals surface area contributed by atoms with Crippen LogP contribution in [-0.4, -0.2) is 21.6 Å². The molecule has 1 aromatic heterocycles. The van der Waals surface area contributed by atoms with Gasteiger partial charge in [-0.1, -0.05) is 20.8 Å². The summed E-state index contributed by atoms with van der Waals surface area (Å²) in [5.74, 6) is -1.01. The summed E-state index contributed by atoms with van der Waals surface area (Å²) in [5.41, 5.74) is 0.956. The molecular weight excluding hydrogens is 228 g/mol. The van der Waals surface area contributed by atoms with E-state index in [-0.39, 0.29) is 16.6 Å². The molecule has 1 aromatic rings. The minimum Gasteiger partial charge on any atom is -0.477 e. The van der Waals surface area contributed by atoms with Gasteiger partial charge < -0.3 is 10.4 Å². The fraction of sp³-hybridized carbons (Fsp3) is 0.571. The Kier molecular flexibility index (Phi) is 3.99. The Bertz CT molecular complexity index is 434. The summed E-state index contributed by atoms with van der Waals surface area (Å²) in [6, 6.07) is 3.35.